The maximum Gasteiger partial charge on any atom is 0.197 e. The molecular formula is C13H16FNO2. The van der Waals surface area contributed by atoms with Crippen molar-refractivity contribution >= 4 is 0 Å². The van der Waals surface area contributed by atoms with Gasteiger partial charge in [-0.2, -0.15) is 0 Å². The molecule has 0 saturated carbocycles. The van der Waals surface area contributed by atoms with Crippen LogP contribution in [0.15, 0.2) is 12.1 Å². The highest BCUT2D eigenvalue weighted by atomic mass is 19.1. The largest absolute Gasteiger partial charge is 0.489 e. The summed E-state index contributed by atoms with van der Waals surface area (Å²) < 4.78 is 25.3. The van der Waals surface area contributed by atoms with Gasteiger partial charge in [-0.15, -0.1) is 0 Å². The lowest BCUT2D eigenvalue weighted by Gasteiger charge is -2.14. The smallest absolute Gasteiger partial charge is 0.197 e. The van der Waals surface area contributed by atoms with Crippen LogP contribution in [0.25, 0.3) is 0 Å². The number of benzene rings is 1. The van der Waals surface area contributed by atoms with Gasteiger partial charge in [0.1, 0.15) is 0 Å². The fourth-order valence-corrected chi connectivity index (χ4v) is 2.45. The van der Waals surface area contributed by atoms with Gasteiger partial charge >= 0.3 is 0 Å². The molecule has 2 aliphatic rings. The summed E-state index contributed by atoms with van der Waals surface area (Å²) in [7, 11) is 0. The Bertz CT molecular complexity index is 416. The van der Waals surface area contributed by atoms with Crippen molar-refractivity contribution in [3.8, 4) is 11.5 Å². The SMILES string of the molecule is Fc1c(C2CCNC2)ccc2c1OCCCO2. The molecule has 0 aromatic heterocycles. The normalized spacial score (nSPS) is 23.5. The first-order valence-electron chi connectivity index (χ1n) is 6.15. The van der Waals surface area contributed by atoms with E-state index in [1.165, 1.54) is 0 Å². The molecule has 1 saturated heterocycles. The molecule has 1 N–H and O–H groups in total. The molecular weight excluding hydrogens is 221 g/mol. The van der Waals surface area contributed by atoms with Crippen molar-refractivity contribution in [1.82, 2.24) is 5.32 Å². The van der Waals surface area contributed by atoms with Crippen molar-refractivity contribution in [2.24, 2.45) is 0 Å². The van der Waals surface area contributed by atoms with Crippen molar-refractivity contribution in [3.05, 3.63) is 23.5 Å². The van der Waals surface area contributed by atoms with Gasteiger partial charge in [-0.1, -0.05) is 6.07 Å². The van der Waals surface area contributed by atoms with E-state index in [0.29, 0.717) is 24.7 Å². The zero-order valence-corrected chi connectivity index (χ0v) is 9.67. The molecule has 2 heterocycles. The van der Waals surface area contributed by atoms with Gasteiger partial charge in [0.2, 0.25) is 0 Å². The molecule has 4 heteroatoms. The number of rotatable bonds is 1. The Balaban J connectivity index is 1.98. The Morgan fingerprint density at radius 1 is 1.24 bits per heavy atom. The van der Waals surface area contributed by atoms with E-state index in [-0.39, 0.29) is 11.7 Å². The molecule has 0 bridgehead atoms. The molecule has 3 rings (SSSR count). The number of fused-ring (bicyclic) bond motifs is 1. The third-order valence-electron chi connectivity index (χ3n) is 3.38. The Morgan fingerprint density at radius 3 is 2.94 bits per heavy atom. The second-order valence-corrected chi connectivity index (χ2v) is 4.54. The topological polar surface area (TPSA) is 30.5 Å². The van der Waals surface area contributed by atoms with Gasteiger partial charge in [-0.25, -0.2) is 4.39 Å². The second kappa shape index (κ2) is 4.53. The van der Waals surface area contributed by atoms with Crippen molar-refractivity contribution < 1.29 is 13.9 Å². The molecule has 1 aromatic rings. The Kier molecular flexibility index (Phi) is 2.89. The standard InChI is InChI=1S/C13H16FNO2/c14-12-10(9-4-5-15-8-9)2-3-11-13(12)17-7-1-6-16-11/h2-3,9,15H,1,4-8H2. The number of halogens is 1. The predicted octanol–water partition coefficient (Wildman–Crippen LogP) is 2.06. The average Bonchev–Trinajstić information content (AvgIpc) is 2.74. The highest BCUT2D eigenvalue weighted by molar-refractivity contribution is 5.46. The fourth-order valence-electron chi connectivity index (χ4n) is 2.45. The molecule has 0 amide bonds. The van der Waals surface area contributed by atoms with Gasteiger partial charge in [0, 0.05) is 18.9 Å². The van der Waals surface area contributed by atoms with Crippen LogP contribution in [-0.2, 0) is 0 Å². The highest BCUT2D eigenvalue weighted by Crippen LogP contribution is 2.37. The van der Waals surface area contributed by atoms with E-state index in [0.717, 1.165) is 31.5 Å². The summed E-state index contributed by atoms with van der Waals surface area (Å²) in [5.41, 5.74) is 0.749. The lowest BCUT2D eigenvalue weighted by Crippen LogP contribution is -2.09. The van der Waals surface area contributed by atoms with Crippen molar-refractivity contribution in [2.75, 3.05) is 26.3 Å². The van der Waals surface area contributed by atoms with Crippen LogP contribution in [0.1, 0.15) is 24.3 Å². The Hall–Kier alpha value is -1.29. The summed E-state index contributed by atoms with van der Waals surface area (Å²) in [4.78, 5) is 0. The van der Waals surface area contributed by atoms with Crippen LogP contribution in [0.5, 0.6) is 11.5 Å². The van der Waals surface area contributed by atoms with E-state index in [2.05, 4.69) is 5.32 Å². The molecule has 0 radical (unpaired) electrons. The van der Waals surface area contributed by atoms with Gasteiger partial charge in [0.25, 0.3) is 0 Å². The van der Waals surface area contributed by atoms with Crippen LogP contribution in [0, 0.1) is 5.82 Å². The minimum absolute atomic E-state index is 0.238. The first-order chi connectivity index (χ1) is 8.36. The van der Waals surface area contributed by atoms with E-state index >= 15 is 0 Å². The van der Waals surface area contributed by atoms with Gasteiger partial charge in [-0.3, -0.25) is 0 Å². The van der Waals surface area contributed by atoms with Crippen molar-refractivity contribution in [3.63, 3.8) is 0 Å². The molecule has 1 fully saturated rings. The third kappa shape index (κ3) is 1.97. The van der Waals surface area contributed by atoms with E-state index in [1.54, 1.807) is 0 Å². The zero-order chi connectivity index (χ0) is 11.7. The summed E-state index contributed by atoms with van der Waals surface area (Å²) in [6.45, 7) is 2.92. The molecule has 2 aliphatic heterocycles. The molecule has 3 nitrogen and oxygen atoms in total. The third-order valence-corrected chi connectivity index (χ3v) is 3.38. The molecule has 0 spiro atoms. The molecule has 1 atom stereocenters. The molecule has 92 valence electrons. The molecule has 1 unspecified atom stereocenters. The summed E-state index contributed by atoms with van der Waals surface area (Å²) in [6.07, 6.45) is 1.78. The van der Waals surface area contributed by atoms with E-state index in [9.17, 15) is 4.39 Å². The average molecular weight is 237 g/mol. The molecule has 17 heavy (non-hydrogen) atoms. The van der Waals surface area contributed by atoms with Gasteiger partial charge < -0.3 is 14.8 Å². The minimum Gasteiger partial charge on any atom is -0.489 e. The van der Waals surface area contributed by atoms with Crippen molar-refractivity contribution in [1.29, 1.82) is 0 Å². The molecule has 0 aliphatic carbocycles. The number of ether oxygens (including phenoxy) is 2. The zero-order valence-electron chi connectivity index (χ0n) is 9.67. The van der Waals surface area contributed by atoms with Crippen LogP contribution in [0.4, 0.5) is 4.39 Å². The van der Waals surface area contributed by atoms with Crippen LogP contribution in [-0.4, -0.2) is 26.3 Å². The summed E-state index contributed by atoms with van der Waals surface area (Å²) in [6, 6.07) is 3.66. The van der Waals surface area contributed by atoms with Crippen LogP contribution in [0.2, 0.25) is 0 Å². The maximum atomic E-state index is 14.4. The predicted molar refractivity (Wildman–Crippen MR) is 62.2 cm³/mol. The fraction of sp³-hybridized carbons (Fsp3) is 0.538. The monoisotopic (exact) mass is 237 g/mol. The summed E-state index contributed by atoms with van der Waals surface area (Å²) in [5, 5.41) is 3.25. The second-order valence-electron chi connectivity index (χ2n) is 4.54. The number of hydrogen-bond donors (Lipinski definition) is 1. The van der Waals surface area contributed by atoms with Gasteiger partial charge in [-0.05, 0) is 24.6 Å². The van der Waals surface area contributed by atoms with E-state index in [1.807, 2.05) is 12.1 Å². The molecule has 1 aromatic carbocycles. The van der Waals surface area contributed by atoms with Gasteiger partial charge in [0.05, 0.1) is 13.2 Å². The first-order valence-corrected chi connectivity index (χ1v) is 6.15. The number of hydrogen-bond acceptors (Lipinski definition) is 3. The quantitative estimate of drug-likeness (QED) is 0.811. The van der Waals surface area contributed by atoms with Crippen molar-refractivity contribution in [2.45, 2.75) is 18.8 Å². The van der Waals surface area contributed by atoms with Crippen LogP contribution in [0.3, 0.4) is 0 Å². The Labute approximate surface area is 99.9 Å². The lowest BCUT2D eigenvalue weighted by atomic mass is 9.97. The minimum atomic E-state index is -0.238. The van der Waals surface area contributed by atoms with Gasteiger partial charge in [0.15, 0.2) is 17.3 Å². The van der Waals surface area contributed by atoms with E-state index < -0.39 is 0 Å². The highest BCUT2D eigenvalue weighted by Gasteiger charge is 2.25. The number of nitrogens with one attached hydrogen (secondary N) is 1. The van der Waals surface area contributed by atoms with Crippen LogP contribution >= 0.6 is 0 Å². The van der Waals surface area contributed by atoms with E-state index in [4.69, 9.17) is 9.47 Å². The summed E-state index contributed by atoms with van der Waals surface area (Å²) >= 11 is 0. The summed E-state index contributed by atoms with van der Waals surface area (Å²) in [5.74, 6) is 0.854. The maximum absolute atomic E-state index is 14.4. The Morgan fingerprint density at radius 2 is 2.12 bits per heavy atom. The van der Waals surface area contributed by atoms with Crippen LogP contribution < -0.4 is 14.8 Å². The lowest BCUT2D eigenvalue weighted by molar-refractivity contribution is 0.291. The first kappa shape index (κ1) is 10.8.